The number of hydrogen-bond acceptors (Lipinski definition) is 5. The third-order valence-corrected chi connectivity index (χ3v) is 5.31. The standard InChI is InChI=1S/C16H23Cl2N3O3/c1-8(22)14(19)16(24)21-4-2-9(3-5-21)15(20)10-6-11(17)12(18)7-13(10)23/h6-9,14-15,22-23H,2-5,19-20H2,1H3/t8-,14-,15+/m0/s1. The molecule has 1 aromatic rings. The van der Waals surface area contributed by atoms with Crippen molar-refractivity contribution in [3.63, 3.8) is 0 Å². The summed E-state index contributed by atoms with van der Waals surface area (Å²) in [6.45, 7) is 2.53. The number of piperidine rings is 1. The molecule has 134 valence electrons. The van der Waals surface area contributed by atoms with E-state index in [9.17, 15) is 15.0 Å². The molecule has 0 bridgehead atoms. The highest BCUT2D eigenvalue weighted by atomic mass is 35.5. The number of benzene rings is 1. The van der Waals surface area contributed by atoms with Gasteiger partial charge in [0.1, 0.15) is 11.8 Å². The Bertz CT molecular complexity index is 604. The van der Waals surface area contributed by atoms with Gasteiger partial charge < -0.3 is 26.6 Å². The van der Waals surface area contributed by atoms with Crippen LogP contribution in [0.25, 0.3) is 0 Å². The summed E-state index contributed by atoms with van der Waals surface area (Å²) >= 11 is 11.9. The second kappa shape index (κ2) is 7.89. The van der Waals surface area contributed by atoms with Crippen LogP contribution in [0.2, 0.25) is 10.0 Å². The molecule has 6 N–H and O–H groups in total. The molecule has 0 unspecified atom stereocenters. The lowest BCUT2D eigenvalue weighted by atomic mass is 9.85. The first-order valence-corrected chi connectivity index (χ1v) is 8.64. The lowest BCUT2D eigenvalue weighted by Crippen LogP contribution is -2.51. The molecule has 3 atom stereocenters. The quantitative estimate of drug-likeness (QED) is 0.638. The van der Waals surface area contributed by atoms with Crippen molar-refractivity contribution in [2.24, 2.45) is 17.4 Å². The molecule has 8 heteroatoms. The van der Waals surface area contributed by atoms with E-state index in [0.29, 0.717) is 36.5 Å². The Morgan fingerprint density at radius 1 is 1.25 bits per heavy atom. The smallest absolute Gasteiger partial charge is 0.242 e. The molecule has 1 heterocycles. The number of phenols is 1. The molecule has 1 amide bonds. The van der Waals surface area contributed by atoms with Gasteiger partial charge in [0.25, 0.3) is 0 Å². The lowest BCUT2D eigenvalue weighted by Gasteiger charge is -2.36. The molecule has 0 saturated carbocycles. The largest absolute Gasteiger partial charge is 0.508 e. The van der Waals surface area contributed by atoms with Crippen molar-refractivity contribution in [1.82, 2.24) is 4.90 Å². The first kappa shape index (κ1) is 19.3. The van der Waals surface area contributed by atoms with Gasteiger partial charge in [0.2, 0.25) is 5.91 Å². The van der Waals surface area contributed by atoms with E-state index in [4.69, 9.17) is 34.7 Å². The minimum absolute atomic E-state index is 0.0199. The molecule has 0 spiro atoms. The van der Waals surface area contributed by atoms with Crippen LogP contribution in [-0.2, 0) is 4.79 Å². The number of carbonyl (C=O) groups excluding carboxylic acids is 1. The molecule has 1 aliphatic heterocycles. The Labute approximate surface area is 151 Å². The zero-order chi connectivity index (χ0) is 18.0. The van der Waals surface area contributed by atoms with Crippen LogP contribution < -0.4 is 11.5 Å². The molecule has 6 nitrogen and oxygen atoms in total. The SMILES string of the molecule is C[C@H](O)[C@H](N)C(=O)N1CCC([C@@H](N)c2cc(Cl)c(Cl)cc2O)CC1. The monoisotopic (exact) mass is 375 g/mol. The molecule has 2 rings (SSSR count). The summed E-state index contributed by atoms with van der Waals surface area (Å²) in [5.41, 5.74) is 12.5. The zero-order valence-electron chi connectivity index (χ0n) is 13.5. The lowest BCUT2D eigenvalue weighted by molar-refractivity contribution is -0.136. The van der Waals surface area contributed by atoms with E-state index >= 15 is 0 Å². The molecule has 1 saturated heterocycles. The molecule has 1 aliphatic rings. The van der Waals surface area contributed by atoms with Crippen LogP contribution in [0.1, 0.15) is 31.4 Å². The Morgan fingerprint density at radius 2 is 1.79 bits per heavy atom. The molecular weight excluding hydrogens is 353 g/mol. The Hall–Kier alpha value is -1.05. The molecule has 24 heavy (non-hydrogen) atoms. The van der Waals surface area contributed by atoms with Crippen LogP contribution in [-0.4, -0.2) is 46.3 Å². The number of aromatic hydroxyl groups is 1. The number of carbonyl (C=O) groups is 1. The number of amides is 1. The Balaban J connectivity index is 2.02. The summed E-state index contributed by atoms with van der Waals surface area (Å²) in [7, 11) is 0. The number of aliphatic hydroxyl groups excluding tert-OH is 1. The summed E-state index contributed by atoms with van der Waals surface area (Å²) in [5.74, 6) is -0.138. The number of likely N-dealkylation sites (tertiary alicyclic amines) is 1. The number of phenolic OH excluding ortho intramolecular Hbond substituents is 1. The van der Waals surface area contributed by atoms with Gasteiger partial charge in [-0.1, -0.05) is 23.2 Å². The fraction of sp³-hybridized carbons (Fsp3) is 0.562. The predicted molar refractivity (Wildman–Crippen MR) is 94.0 cm³/mol. The summed E-state index contributed by atoms with van der Waals surface area (Å²) in [5, 5.41) is 20.1. The number of hydrogen-bond donors (Lipinski definition) is 4. The van der Waals surface area contributed by atoms with Crippen LogP contribution in [0.15, 0.2) is 12.1 Å². The fourth-order valence-electron chi connectivity index (χ4n) is 2.97. The van der Waals surface area contributed by atoms with Gasteiger partial charge in [0, 0.05) is 30.8 Å². The molecule has 0 aromatic heterocycles. The predicted octanol–water partition coefficient (Wildman–Crippen LogP) is 1.65. The fourth-order valence-corrected chi connectivity index (χ4v) is 3.30. The van der Waals surface area contributed by atoms with Gasteiger partial charge in [-0.15, -0.1) is 0 Å². The maximum absolute atomic E-state index is 12.2. The molecular formula is C16H23Cl2N3O3. The van der Waals surface area contributed by atoms with Crippen LogP contribution in [0, 0.1) is 5.92 Å². The summed E-state index contributed by atoms with van der Waals surface area (Å²) in [6, 6.07) is 1.67. The normalized spacial score (nSPS) is 19.8. The second-order valence-corrected chi connectivity index (χ2v) is 7.09. The van der Waals surface area contributed by atoms with E-state index in [1.165, 1.54) is 13.0 Å². The summed E-state index contributed by atoms with van der Waals surface area (Å²) < 4.78 is 0. The van der Waals surface area contributed by atoms with Gasteiger partial charge in [0.05, 0.1) is 16.1 Å². The van der Waals surface area contributed by atoms with Crippen LogP contribution >= 0.6 is 23.2 Å². The first-order chi connectivity index (χ1) is 11.2. The van der Waals surface area contributed by atoms with E-state index < -0.39 is 18.2 Å². The maximum Gasteiger partial charge on any atom is 0.242 e. The van der Waals surface area contributed by atoms with Crippen molar-refractivity contribution < 1.29 is 15.0 Å². The Kier molecular flexibility index (Phi) is 6.33. The average molecular weight is 376 g/mol. The number of rotatable bonds is 4. The Morgan fingerprint density at radius 3 is 2.33 bits per heavy atom. The van der Waals surface area contributed by atoms with Crippen molar-refractivity contribution in [2.75, 3.05) is 13.1 Å². The number of nitrogens with zero attached hydrogens (tertiary/aromatic N) is 1. The summed E-state index contributed by atoms with van der Waals surface area (Å²) in [4.78, 5) is 13.8. The maximum atomic E-state index is 12.2. The molecule has 1 aromatic carbocycles. The van der Waals surface area contributed by atoms with Crippen molar-refractivity contribution in [3.8, 4) is 5.75 Å². The van der Waals surface area contributed by atoms with Crippen molar-refractivity contribution in [1.29, 1.82) is 0 Å². The molecule has 0 aliphatic carbocycles. The average Bonchev–Trinajstić information content (AvgIpc) is 2.56. The second-order valence-electron chi connectivity index (χ2n) is 6.28. The van der Waals surface area contributed by atoms with Crippen molar-refractivity contribution in [2.45, 2.75) is 38.0 Å². The van der Waals surface area contributed by atoms with Crippen LogP contribution in [0.3, 0.4) is 0 Å². The highest BCUT2D eigenvalue weighted by molar-refractivity contribution is 6.42. The van der Waals surface area contributed by atoms with Crippen LogP contribution in [0.4, 0.5) is 0 Å². The number of halogens is 2. The third-order valence-electron chi connectivity index (χ3n) is 4.59. The minimum atomic E-state index is -0.908. The van der Waals surface area contributed by atoms with Gasteiger partial charge in [-0.25, -0.2) is 0 Å². The summed E-state index contributed by atoms with van der Waals surface area (Å²) in [6.07, 6.45) is 0.476. The highest BCUT2D eigenvalue weighted by Crippen LogP contribution is 2.37. The third kappa shape index (κ3) is 4.13. The number of nitrogens with two attached hydrogens (primary N) is 2. The highest BCUT2D eigenvalue weighted by Gasteiger charge is 2.31. The number of aliphatic hydroxyl groups is 1. The van der Waals surface area contributed by atoms with Gasteiger partial charge in [-0.05, 0) is 31.7 Å². The van der Waals surface area contributed by atoms with E-state index in [2.05, 4.69) is 0 Å². The minimum Gasteiger partial charge on any atom is -0.508 e. The van der Waals surface area contributed by atoms with Crippen molar-refractivity contribution in [3.05, 3.63) is 27.7 Å². The van der Waals surface area contributed by atoms with E-state index in [1.807, 2.05) is 0 Å². The van der Waals surface area contributed by atoms with E-state index in [1.54, 1.807) is 11.0 Å². The van der Waals surface area contributed by atoms with Gasteiger partial charge in [0.15, 0.2) is 0 Å². The van der Waals surface area contributed by atoms with Gasteiger partial charge in [-0.2, -0.15) is 0 Å². The van der Waals surface area contributed by atoms with E-state index in [0.717, 1.165) is 0 Å². The zero-order valence-corrected chi connectivity index (χ0v) is 15.0. The van der Waals surface area contributed by atoms with E-state index in [-0.39, 0.29) is 22.6 Å². The van der Waals surface area contributed by atoms with Gasteiger partial charge in [-0.3, -0.25) is 4.79 Å². The van der Waals surface area contributed by atoms with Crippen molar-refractivity contribution >= 4 is 29.1 Å². The first-order valence-electron chi connectivity index (χ1n) is 7.88. The van der Waals surface area contributed by atoms with Crippen LogP contribution in [0.5, 0.6) is 5.75 Å². The topological polar surface area (TPSA) is 113 Å². The van der Waals surface area contributed by atoms with Gasteiger partial charge >= 0.3 is 0 Å². The molecule has 0 radical (unpaired) electrons. The molecule has 1 fully saturated rings.